The van der Waals surface area contributed by atoms with Crippen LogP contribution < -0.4 is 10.6 Å². The fourth-order valence-electron chi connectivity index (χ4n) is 2.45. The summed E-state index contributed by atoms with van der Waals surface area (Å²) in [6.45, 7) is 4.20. The van der Waals surface area contributed by atoms with Crippen molar-refractivity contribution in [2.75, 3.05) is 18.4 Å². The predicted octanol–water partition coefficient (Wildman–Crippen LogP) is 3.48. The molecule has 104 valence electrons. The van der Waals surface area contributed by atoms with Crippen LogP contribution in [0.5, 0.6) is 0 Å². The van der Waals surface area contributed by atoms with Gasteiger partial charge in [-0.2, -0.15) is 0 Å². The molecule has 0 saturated carbocycles. The summed E-state index contributed by atoms with van der Waals surface area (Å²) < 4.78 is 0.936. The van der Waals surface area contributed by atoms with Gasteiger partial charge in [-0.3, -0.25) is 4.79 Å². The van der Waals surface area contributed by atoms with Gasteiger partial charge in [0, 0.05) is 10.9 Å². The maximum Gasteiger partial charge on any atom is 0.224 e. The molecule has 19 heavy (non-hydrogen) atoms. The van der Waals surface area contributed by atoms with Crippen LogP contribution in [0.1, 0.15) is 31.2 Å². The van der Waals surface area contributed by atoms with Gasteiger partial charge in [0.1, 0.15) is 0 Å². The first-order chi connectivity index (χ1) is 9.15. The van der Waals surface area contributed by atoms with Crippen LogP contribution in [0.25, 0.3) is 0 Å². The summed E-state index contributed by atoms with van der Waals surface area (Å²) in [5, 5.41) is 6.37. The average molecular weight is 325 g/mol. The van der Waals surface area contributed by atoms with Crippen LogP contribution in [0.2, 0.25) is 0 Å². The molecule has 1 heterocycles. The highest BCUT2D eigenvalue weighted by molar-refractivity contribution is 9.10. The molecule has 1 aliphatic heterocycles. The van der Waals surface area contributed by atoms with Crippen LogP contribution in [-0.4, -0.2) is 19.0 Å². The lowest BCUT2D eigenvalue weighted by Gasteiger charge is -2.22. The summed E-state index contributed by atoms with van der Waals surface area (Å²) in [4.78, 5) is 12.0. The second-order valence-electron chi connectivity index (χ2n) is 5.28. The Hall–Kier alpha value is -0.870. The highest BCUT2D eigenvalue weighted by Gasteiger charge is 2.14. The Balaban J connectivity index is 1.81. The minimum atomic E-state index is 0.108. The maximum atomic E-state index is 12.0. The summed E-state index contributed by atoms with van der Waals surface area (Å²) >= 11 is 3.46. The molecule has 1 amide bonds. The van der Waals surface area contributed by atoms with E-state index in [1.54, 1.807) is 0 Å². The van der Waals surface area contributed by atoms with Crippen LogP contribution >= 0.6 is 15.9 Å². The van der Waals surface area contributed by atoms with E-state index in [4.69, 9.17) is 0 Å². The molecule has 0 aliphatic carbocycles. The largest absolute Gasteiger partial charge is 0.325 e. The van der Waals surface area contributed by atoms with Gasteiger partial charge >= 0.3 is 0 Å². The number of hydrogen-bond acceptors (Lipinski definition) is 2. The molecule has 1 atom stereocenters. The lowest BCUT2D eigenvalue weighted by Crippen LogP contribution is -2.30. The molecular formula is C15H21BrN2O. The molecule has 1 aliphatic rings. The Morgan fingerprint density at radius 2 is 2.37 bits per heavy atom. The highest BCUT2D eigenvalue weighted by Crippen LogP contribution is 2.24. The van der Waals surface area contributed by atoms with E-state index in [1.165, 1.54) is 12.8 Å². The molecule has 0 aromatic heterocycles. The fourth-order valence-corrected chi connectivity index (χ4v) is 2.80. The van der Waals surface area contributed by atoms with Crippen LogP contribution in [0.3, 0.4) is 0 Å². The van der Waals surface area contributed by atoms with Gasteiger partial charge in [0.05, 0.1) is 5.69 Å². The summed E-state index contributed by atoms with van der Waals surface area (Å²) in [7, 11) is 0. The Bertz CT molecular complexity index is 442. The monoisotopic (exact) mass is 324 g/mol. The van der Waals surface area contributed by atoms with Gasteiger partial charge in [-0.1, -0.05) is 6.07 Å². The quantitative estimate of drug-likeness (QED) is 0.890. The SMILES string of the molecule is Cc1ccc(Br)c(NC(=O)CCC2CCCNC2)c1. The standard InChI is InChI=1S/C15H21BrN2O/c1-11-4-6-13(16)14(9-11)18-15(19)7-5-12-3-2-8-17-10-12/h4,6,9,12,17H,2-3,5,7-8,10H2,1H3,(H,18,19). The predicted molar refractivity (Wildman–Crippen MR) is 82.3 cm³/mol. The Labute approximate surface area is 123 Å². The topological polar surface area (TPSA) is 41.1 Å². The average Bonchev–Trinajstić information content (AvgIpc) is 2.42. The number of aryl methyl sites for hydroxylation is 1. The molecule has 1 aromatic rings. The van der Waals surface area contributed by atoms with Gasteiger partial charge in [0.25, 0.3) is 0 Å². The van der Waals surface area contributed by atoms with Crippen molar-refractivity contribution in [3.05, 3.63) is 28.2 Å². The first-order valence-electron chi connectivity index (χ1n) is 6.92. The van der Waals surface area contributed by atoms with Crippen molar-refractivity contribution in [2.24, 2.45) is 5.92 Å². The first kappa shape index (κ1) is 14.5. The maximum absolute atomic E-state index is 12.0. The highest BCUT2D eigenvalue weighted by atomic mass is 79.9. The number of piperidine rings is 1. The molecule has 0 spiro atoms. The smallest absolute Gasteiger partial charge is 0.224 e. The van der Waals surface area contributed by atoms with Crippen LogP contribution in [0.15, 0.2) is 22.7 Å². The zero-order chi connectivity index (χ0) is 13.7. The zero-order valence-electron chi connectivity index (χ0n) is 11.3. The second kappa shape index (κ2) is 7.06. The third kappa shape index (κ3) is 4.62. The summed E-state index contributed by atoms with van der Waals surface area (Å²) in [6.07, 6.45) is 4.05. The van der Waals surface area contributed by atoms with E-state index in [2.05, 4.69) is 26.6 Å². The van der Waals surface area contributed by atoms with Gasteiger partial charge in [-0.25, -0.2) is 0 Å². The number of hydrogen-bond donors (Lipinski definition) is 2. The molecule has 4 heteroatoms. The number of benzene rings is 1. The molecule has 0 bridgehead atoms. The van der Waals surface area contributed by atoms with Gasteiger partial charge in [-0.05, 0) is 78.8 Å². The molecular weight excluding hydrogens is 304 g/mol. The minimum Gasteiger partial charge on any atom is -0.325 e. The van der Waals surface area contributed by atoms with E-state index in [-0.39, 0.29) is 5.91 Å². The van der Waals surface area contributed by atoms with Gasteiger partial charge in [-0.15, -0.1) is 0 Å². The number of rotatable bonds is 4. The van der Waals surface area contributed by atoms with E-state index in [9.17, 15) is 4.79 Å². The van der Waals surface area contributed by atoms with Crippen molar-refractivity contribution in [1.29, 1.82) is 0 Å². The van der Waals surface area contributed by atoms with Gasteiger partial charge < -0.3 is 10.6 Å². The fraction of sp³-hybridized carbons (Fsp3) is 0.533. The van der Waals surface area contributed by atoms with E-state index in [0.29, 0.717) is 12.3 Å². The number of halogens is 1. The number of amides is 1. The number of carbonyl (C=O) groups is 1. The molecule has 3 nitrogen and oxygen atoms in total. The van der Waals surface area contributed by atoms with Crippen molar-refractivity contribution in [1.82, 2.24) is 5.32 Å². The number of nitrogens with one attached hydrogen (secondary N) is 2. The van der Waals surface area contributed by atoms with Crippen LogP contribution in [0.4, 0.5) is 5.69 Å². The van der Waals surface area contributed by atoms with E-state index >= 15 is 0 Å². The minimum absolute atomic E-state index is 0.108. The van der Waals surface area contributed by atoms with E-state index in [1.807, 2.05) is 25.1 Å². The molecule has 1 unspecified atom stereocenters. The summed E-state index contributed by atoms with van der Waals surface area (Å²) in [5.41, 5.74) is 2.02. The van der Waals surface area contributed by atoms with Gasteiger partial charge in [0.2, 0.25) is 5.91 Å². The lowest BCUT2D eigenvalue weighted by atomic mass is 9.94. The van der Waals surface area contributed by atoms with Crippen molar-refractivity contribution in [2.45, 2.75) is 32.6 Å². The molecule has 1 fully saturated rings. The third-order valence-corrected chi connectivity index (χ3v) is 4.27. The molecule has 2 N–H and O–H groups in total. The van der Waals surface area contributed by atoms with E-state index < -0.39 is 0 Å². The summed E-state index contributed by atoms with van der Waals surface area (Å²) in [5.74, 6) is 0.761. The molecule has 1 saturated heterocycles. The molecule has 0 radical (unpaired) electrons. The lowest BCUT2D eigenvalue weighted by molar-refractivity contribution is -0.116. The Kier molecular flexibility index (Phi) is 5.40. The second-order valence-corrected chi connectivity index (χ2v) is 6.14. The number of anilines is 1. The molecule has 2 rings (SSSR count). The number of carbonyl (C=O) groups excluding carboxylic acids is 1. The van der Waals surface area contributed by atoms with E-state index in [0.717, 1.165) is 35.2 Å². The third-order valence-electron chi connectivity index (χ3n) is 3.57. The Morgan fingerprint density at radius 3 is 3.11 bits per heavy atom. The summed E-state index contributed by atoms with van der Waals surface area (Å²) in [6, 6.07) is 5.98. The van der Waals surface area contributed by atoms with Crippen LogP contribution in [-0.2, 0) is 4.79 Å². The van der Waals surface area contributed by atoms with Crippen molar-refractivity contribution < 1.29 is 4.79 Å². The van der Waals surface area contributed by atoms with Gasteiger partial charge in [0.15, 0.2) is 0 Å². The normalized spacial score (nSPS) is 19.2. The van der Waals surface area contributed by atoms with Crippen LogP contribution in [0, 0.1) is 12.8 Å². The Morgan fingerprint density at radius 1 is 1.53 bits per heavy atom. The zero-order valence-corrected chi connectivity index (χ0v) is 12.9. The first-order valence-corrected chi connectivity index (χ1v) is 7.71. The van der Waals surface area contributed by atoms with Crippen molar-refractivity contribution in [3.63, 3.8) is 0 Å². The van der Waals surface area contributed by atoms with Crippen molar-refractivity contribution >= 4 is 27.5 Å². The molecule has 1 aromatic carbocycles. The van der Waals surface area contributed by atoms with Crippen molar-refractivity contribution in [3.8, 4) is 0 Å².